The topological polar surface area (TPSA) is 133 Å². The molecule has 1 aromatic heterocycles. The Morgan fingerprint density at radius 3 is 2.89 bits per heavy atom. The first-order valence-corrected chi connectivity index (χ1v) is 9.66. The quantitative estimate of drug-likeness (QED) is 0.685. The Hall–Kier alpha value is -2.94. The fraction of sp³-hybridized carbons (Fsp3) is 0.294. The van der Waals surface area contributed by atoms with Gasteiger partial charge in [-0.15, -0.1) is 0 Å². The van der Waals surface area contributed by atoms with Gasteiger partial charge in [-0.1, -0.05) is 0 Å². The van der Waals surface area contributed by atoms with Crippen molar-refractivity contribution < 1.29 is 27.4 Å². The monoisotopic (exact) mass is 408 g/mol. The Labute approximate surface area is 160 Å². The van der Waals surface area contributed by atoms with Crippen molar-refractivity contribution in [2.24, 2.45) is 7.05 Å². The Morgan fingerprint density at radius 1 is 1.54 bits per heavy atom. The second-order valence-corrected chi connectivity index (χ2v) is 8.00. The minimum Gasteiger partial charge on any atom is -0.488 e. The van der Waals surface area contributed by atoms with Gasteiger partial charge in [0.2, 0.25) is 10.0 Å². The maximum Gasteiger partial charge on any atom is 0.276 e. The van der Waals surface area contributed by atoms with Crippen molar-refractivity contribution in [2.75, 3.05) is 11.9 Å². The van der Waals surface area contributed by atoms with E-state index < -0.39 is 33.9 Å². The number of carbonyl (C=O) groups is 1. The fourth-order valence-corrected chi connectivity index (χ4v) is 4.24. The zero-order chi connectivity index (χ0) is 20.6. The number of nitrogens with one attached hydrogen (secondary N) is 2. The van der Waals surface area contributed by atoms with Crippen LogP contribution in [0.1, 0.15) is 23.0 Å². The molecule has 2 atom stereocenters. The van der Waals surface area contributed by atoms with Gasteiger partial charge in [0.1, 0.15) is 23.4 Å². The van der Waals surface area contributed by atoms with E-state index in [2.05, 4.69) is 10.0 Å². The highest BCUT2D eigenvalue weighted by atomic mass is 32.2. The number of rotatable bonds is 3. The Bertz CT molecular complexity index is 1090. The molecule has 28 heavy (non-hydrogen) atoms. The van der Waals surface area contributed by atoms with Gasteiger partial charge >= 0.3 is 0 Å². The van der Waals surface area contributed by atoms with Crippen LogP contribution in [-0.2, 0) is 17.1 Å². The fourth-order valence-electron chi connectivity index (χ4n) is 2.76. The second kappa shape index (κ2) is 7.23. The Morgan fingerprint density at radius 2 is 2.25 bits per heavy atom. The summed E-state index contributed by atoms with van der Waals surface area (Å²) >= 11 is 0. The summed E-state index contributed by atoms with van der Waals surface area (Å²) in [7, 11) is -2.55. The summed E-state index contributed by atoms with van der Waals surface area (Å²) in [5.41, 5.74) is -0.157. The molecular weight excluding hydrogens is 391 g/mol. The first kappa shape index (κ1) is 19.8. The number of hydrogen-bond acceptors (Lipinski definition) is 6. The molecule has 0 saturated heterocycles. The van der Waals surface area contributed by atoms with Gasteiger partial charge in [-0.25, -0.2) is 17.5 Å². The maximum absolute atomic E-state index is 13.4. The van der Waals surface area contributed by atoms with Gasteiger partial charge < -0.3 is 19.7 Å². The summed E-state index contributed by atoms with van der Waals surface area (Å²) in [6.45, 7) is 1.24. The van der Waals surface area contributed by atoms with Crippen molar-refractivity contribution in [3.8, 4) is 11.8 Å². The van der Waals surface area contributed by atoms with E-state index in [0.29, 0.717) is 0 Å². The number of aliphatic hydroxyl groups excluding tert-OH is 1. The lowest BCUT2D eigenvalue weighted by Gasteiger charge is -2.18. The number of halogens is 1. The van der Waals surface area contributed by atoms with Crippen LogP contribution in [-0.4, -0.2) is 42.8 Å². The third kappa shape index (κ3) is 3.57. The van der Waals surface area contributed by atoms with E-state index in [9.17, 15) is 22.7 Å². The highest BCUT2D eigenvalue weighted by molar-refractivity contribution is 7.89. The standard InChI is InChI=1S/C17H17FN4O5S/c1-9(23)13-8-27-16-14(28(25,26)21-13)7-22(2)15(16)17(24)20-11-3-4-12(18)10(5-11)6-19/h3-5,7,9,13,21,23H,8H2,1-2H3,(H,20,24)/t9?,13-/m1/s1. The number of amides is 1. The van der Waals surface area contributed by atoms with Gasteiger partial charge in [0.05, 0.1) is 17.7 Å². The van der Waals surface area contributed by atoms with Crippen LogP contribution >= 0.6 is 0 Å². The lowest BCUT2D eigenvalue weighted by atomic mass is 10.2. The molecule has 1 amide bonds. The molecule has 3 rings (SSSR count). The van der Waals surface area contributed by atoms with Crippen molar-refractivity contribution in [3.63, 3.8) is 0 Å². The van der Waals surface area contributed by atoms with E-state index in [4.69, 9.17) is 10.00 Å². The lowest BCUT2D eigenvalue weighted by molar-refractivity contribution is 0.100. The molecule has 148 valence electrons. The largest absolute Gasteiger partial charge is 0.488 e. The van der Waals surface area contributed by atoms with Crippen LogP contribution in [0.3, 0.4) is 0 Å². The van der Waals surface area contributed by atoms with Crippen molar-refractivity contribution >= 4 is 21.6 Å². The first-order valence-electron chi connectivity index (χ1n) is 8.17. The van der Waals surface area contributed by atoms with E-state index in [1.165, 1.54) is 30.8 Å². The van der Waals surface area contributed by atoms with Gasteiger partial charge in [-0.3, -0.25) is 4.79 Å². The van der Waals surface area contributed by atoms with Crippen molar-refractivity contribution in [3.05, 3.63) is 41.5 Å². The minimum absolute atomic E-state index is 0.0746. The molecule has 0 spiro atoms. The van der Waals surface area contributed by atoms with E-state index in [1.54, 1.807) is 6.07 Å². The van der Waals surface area contributed by atoms with Crippen molar-refractivity contribution in [2.45, 2.75) is 24.0 Å². The van der Waals surface area contributed by atoms with Crippen LogP contribution in [0.25, 0.3) is 0 Å². The molecular formula is C17H17FN4O5S. The molecule has 1 aliphatic rings. The van der Waals surface area contributed by atoms with E-state index in [1.807, 2.05) is 0 Å². The first-order chi connectivity index (χ1) is 13.1. The minimum atomic E-state index is -4.03. The third-order valence-corrected chi connectivity index (χ3v) is 5.73. The summed E-state index contributed by atoms with van der Waals surface area (Å²) in [4.78, 5) is 12.5. The number of ether oxygens (including phenoxy) is 1. The smallest absolute Gasteiger partial charge is 0.276 e. The molecule has 0 aliphatic carbocycles. The number of aryl methyl sites for hydroxylation is 1. The van der Waals surface area contributed by atoms with Crippen LogP contribution in [0.5, 0.6) is 5.75 Å². The van der Waals surface area contributed by atoms with Crippen LogP contribution in [0, 0.1) is 17.1 Å². The molecule has 1 aromatic carbocycles. The van der Waals surface area contributed by atoms with Crippen LogP contribution in [0.2, 0.25) is 0 Å². The zero-order valence-corrected chi connectivity index (χ0v) is 15.7. The molecule has 1 unspecified atom stereocenters. The van der Waals surface area contributed by atoms with Crippen molar-refractivity contribution in [1.29, 1.82) is 5.26 Å². The molecule has 1 aliphatic heterocycles. The normalized spacial score (nSPS) is 18.9. The highest BCUT2D eigenvalue weighted by Gasteiger charge is 2.35. The maximum atomic E-state index is 13.4. The SMILES string of the molecule is CC(O)[C@H]1COc2c(cn(C)c2C(=O)Nc2ccc(F)c(C#N)c2)S(=O)(=O)N1. The highest BCUT2D eigenvalue weighted by Crippen LogP contribution is 2.33. The average Bonchev–Trinajstić information content (AvgIpc) is 2.90. The lowest BCUT2D eigenvalue weighted by Crippen LogP contribution is -2.44. The average molecular weight is 408 g/mol. The summed E-state index contributed by atoms with van der Waals surface area (Å²) in [5.74, 6) is -1.58. The summed E-state index contributed by atoms with van der Waals surface area (Å²) in [5, 5.41) is 21.1. The number of anilines is 1. The number of sulfonamides is 1. The number of benzene rings is 1. The number of aromatic nitrogens is 1. The summed E-state index contributed by atoms with van der Waals surface area (Å²) in [6.07, 6.45) is 0.218. The third-order valence-electron chi connectivity index (χ3n) is 4.25. The Balaban J connectivity index is 1.98. The van der Waals surface area contributed by atoms with E-state index in [-0.39, 0.29) is 34.2 Å². The molecule has 0 radical (unpaired) electrons. The number of aliphatic hydroxyl groups is 1. The molecule has 11 heteroatoms. The molecule has 0 fully saturated rings. The van der Waals surface area contributed by atoms with Gasteiger partial charge in [0, 0.05) is 18.9 Å². The molecule has 2 heterocycles. The van der Waals surface area contributed by atoms with Crippen LogP contribution < -0.4 is 14.8 Å². The van der Waals surface area contributed by atoms with Crippen molar-refractivity contribution in [1.82, 2.24) is 9.29 Å². The molecule has 2 aromatic rings. The van der Waals surface area contributed by atoms with E-state index >= 15 is 0 Å². The molecule has 0 saturated carbocycles. The zero-order valence-electron chi connectivity index (χ0n) is 14.9. The van der Waals surface area contributed by atoms with Crippen LogP contribution in [0.15, 0.2) is 29.3 Å². The van der Waals surface area contributed by atoms with Crippen LogP contribution in [0.4, 0.5) is 10.1 Å². The van der Waals surface area contributed by atoms with Gasteiger partial charge in [-0.2, -0.15) is 5.26 Å². The number of nitriles is 1. The number of fused-ring (bicyclic) bond motifs is 1. The van der Waals surface area contributed by atoms with Gasteiger partial charge in [0.15, 0.2) is 11.4 Å². The Kier molecular flexibility index (Phi) is 5.12. The van der Waals surface area contributed by atoms with Gasteiger partial charge in [0.25, 0.3) is 5.91 Å². The second-order valence-electron chi connectivity index (χ2n) is 6.32. The van der Waals surface area contributed by atoms with E-state index in [0.717, 1.165) is 12.1 Å². The predicted molar refractivity (Wildman–Crippen MR) is 95.8 cm³/mol. The number of nitrogens with zero attached hydrogens (tertiary/aromatic N) is 2. The summed E-state index contributed by atoms with van der Waals surface area (Å²) in [6, 6.07) is 4.27. The molecule has 9 nitrogen and oxygen atoms in total. The summed E-state index contributed by atoms with van der Waals surface area (Å²) < 4.78 is 47.7. The molecule has 3 N–H and O–H groups in total. The number of hydrogen-bond donors (Lipinski definition) is 3. The predicted octanol–water partition coefficient (Wildman–Crippen LogP) is 0.708. The number of carbonyl (C=O) groups excluding carboxylic acids is 1. The molecule has 0 bridgehead atoms. The van der Waals surface area contributed by atoms with Gasteiger partial charge in [-0.05, 0) is 25.1 Å².